The molecule has 16 heavy (non-hydrogen) atoms. The highest BCUT2D eigenvalue weighted by Gasteiger charge is 2.24. The van der Waals surface area contributed by atoms with Gasteiger partial charge >= 0.3 is 0 Å². The quantitative estimate of drug-likeness (QED) is 0.761. The van der Waals surface area contributed by atoms with Crippen molar-refractivity contribution >= 4 is 54.9 Å². The van der Waals surface area contributed by atoms with Crippen LogP contribution in [0.5, 0.6) is 0 Å². The second kappa shape index (κ2) is 5.02. The number of rotatable bonds is 1. The summed E-state index contributed by atoms with van der Waals surface area (Å²) in [6.07, 6.45) is 0. The molecular formula is C11H14Br2N2S. The van der Waals surface area contributed by atoms with Gasteiger partial charge in [-0.2, -0.15) is 0 Å². The van der Waals surface area contributed by atoms with Crippen molar-refractivity contribution in [1.82, 2.24) is 0 Å². The van der Waals surface area contributed by atoms with Crippen LogP contribution in [0.3, 0.4) is 0 Å². The van der Waals surface area contributed by atoms with Gasteiger partial charge < -0.3 is 10.6 Å². The molecule has 0 spiro atoms. The molecule has 0 amide bonds. The van der Waals surface area contributed by atoms with Gasteiger partial charge in [0.1, 0.15) is 0 Å². The van der Waals surface area contributed by atoms with Gasteiger partial charge in [-0.05, 0) is 51.2 Å². The molecule has 88 valence electrons. The Kier molecular flexibility index (Phi) is 4.37. The lowest BCUT2D eigenvalue weighted by Crippen LogP contribution is -2.48. The average molecular weight is 366 g/mol. The molecule has 0 saturated carbocycles. The average Bonchev–Trinajstić information content (AvgIpc) is 1.96. The largest absolute Gasteiger partial charge is 0.376 e. The third kappa shape index (κ3) is 3.43. The van der Waals surface area contributed by atoms with E-state index in [9.17, 15) is 0 Å². The number of hydrogen-bond donors (Lipinski definition) is 1. The van der Waals surface area contributed by atoms with Crippen molar-refractivity contribution in [3.05, 3.63) is 27.1 Å². The smallest absolute Gasteiger partial charge is 0.171 e. The van der Waals surface area contributed by atoms with E-state index in [1.807, 2.05) is 23.1 Å². The van der Waals surface area contributed by atoms with Crippen LogP contribution in [0.4, 0.5) is 5.69 Å². The number of hydrogen-bond acceptors (Lipinski definition) is 1. The van der Waals surface area contributed by atoms with Gasteiger partial charge in [0.15, 0.2) is 5.11 Å². The summed E-state index contributed by atoms with van der Waals surface area (Å²) in [5.41, 5.74) is 6.61. The van der Waals surface area contributed by atoms with Crippen LogP contribution in [0.1, 0.15) is 20.8 Å². The zero-order chi connectivity index (χ0) is 12.5. The second-order valence-corrected chi connectivity index (χ2v) is 6.72. The van der Waals surface area contributed by atoms with Crippen LogP contribution >= 0.6 is 44.1 Å². The number of nitrogens with zero attached hydrogens (tertiary/aromatic N) is 1. The highest BCUT2D eigenvalue weighted by molar-refractivity contribution is 9.11. The van der Waals surface area contributed by atoms with Crippen molar-refractivity contribution in [2.75, 3.05) is 4.90 Å². The second-order valence-electron chi connectivity index (χ2n) is 4.47. The van der Waals surface area contributed by atoms with E-state index < -0.39 is 0 Å². The first kappa shape index (κ1) is 13.9. The van der Waals surface area contributed by atoms with Gasteiger partial charge in [0.2, 0.25) is 0 Å². The molecule has 0 aliphatic rings. The Morgan fingerprint density at radius 1 is 1.19 bits per heavy atom. The summed E-state index contributed by atoms with van der Waals surface area (Å²) in [5.74, 6) is 0. The SMILES string of the molecule is CC(C)(C)N(C(N)=S)c1cc(Br)cc(Br)c1. The van der Waals surface area contributed by atoms with Crippen molar-refractivity contribution in [2.45, 2.75) is 26.3 Å². The molecule has 0 heterocycles. The maximum atomic E-state index is 5.78. The van der Waals surface area contributed by atoms with E-state index in [-0.39, 0.29) is 5.54 Å². The molecule has 2 N–H and O–H groups in total. The third-order valence-corrected chi connectivity index (χ3v) is 3.09. The molecule has 0 atom stereocenters. The maximum Gasteiger partial charge on any atom is 0.171 e. The summed E-state index contributed by atoms with van der Waals surface area (Å²) in [6, 6.07) is 5.97. The van der Waals surface area contributed by atoms with Crippen LogP contribution in [0.15, 0.2) is 27.1 Å². The highest BCUT2D eigenvalue weighted by atomic mass is 79.9. The fourth-order valence-corrected chi connectivity index (χ4v) is 3.16. The van der Waals surface area contributed by atoms with Crippen LogP contribution in [-0.4, -0.2) is 10.7 Å². The molecule has 1 aromatic rings. The molecule has 0 radical (unpaired) electrons. The number of halogens is 2. The molecule has 1 aromatic carbocycles. The van der Waals surface area contributed by atoms with Crippen LogP contribution < -0.4 is 10.6 Å². The Bertz CT molecular complexity index is 393. The van der Waals surface area contributed by atoms with E-state index in [0.29, 0.717) is 5.11 Å². The van der Waals surface area contributed by atoms with Crippen LogP contribution in [0.2, 0.25) is 0 Å². The Morgan fingerprint density at radius 2 is 1.62 bits per heavy atom. The monoisotopic (exact) mass is 364 g/mol. The van der Waals surface area contributed by atoms with Crippen molar-refractivity contribution in [3.63, 3.8) is 0 Å². The number of benzene rings is 1. The van der Waals surface area contributed by atoms with Crippen molar-refractivity contribution in [3.8, 4) is 0 Å². The molecule has 0 aliphatic carbocycles. The van der Waals surface area contributed by atoms with Gasteiger partial charge in [-0.25, -0.2) is 0 Å². The van der Waals surface area contributed by atoms with Gasteiger partial charge in [0.25, 0.3) is 0 Å². The van der Waals surface area contributed by atoms with Gasteiger partial charge in [-0.3, -0.25) is 0 Å². The summed E-state index contributed by atoms with van der Waals surface area (Å²) >= 11 is 12.0. The summed E-state index contributed by atoms with van der Waals surface area (Å²) < 4.78 is 1.98. The summed E-state index contributed by atoms with van der Waals surface area (Å²) in [5, 5.41) is 0.373. The molecule has 0 aliphatic heterocycles. The number of nitrogens with two attached hydrogens (primary N) is 1. The fourth-order valence-electron chi connectivity index (χ4n) is 1.51. The van der Waals surface area contributed by atoms with Crippen molar-refractivity contribution < 1.29 is 0 Å². The Hall–Kier alpha value is -0.130. The van der Waals surface area contributed by atoms with Gasteiger partial charge in [-0.1, -0.05) is 31.9 Å². The Balaban J connectivity index is 3.27. The first-order chi connectivity index (χ1) is 7.21. The van der Waals surface area contributed by atoms with E-state index in [2.05, 4.69) is 52.6 Å². The van der Waals surface area contributed by atoms with E-state index in [4.69, 9.17) is 18.0 Å². The van der Waals surface area contributed by atoms with E-state index in [1.54, 1.807) is 0 Å². The molecule has 2 nitrogen and oxygen atoms in total. The standard InChI is InChI=1S/C11H14Br2N2S/c1-11(2,3)15(10(14)16)9-5-7(12)4-8(13)6-9/h4-6H,1-3H3,(H2,14,16). The molecule has 5 heteroatoms. The molecule has 1 rings (SSSR count). The summed E-state index contributed by atoms with van der Waals surface area (Å²) in [6.45, 7) is 6.21. The zero-order valence-corrected chi connectivity index (χ0v) is 13.4. The first-order valence-corrected chi connectivity index (χ1v) is 6.77. The Morgan fingerprint density at radius 3 is 1.94 bits per heavy atom. The van der Waals surface area contributed by atoms with Crippen LogP contribution in [0, 0.1) is 0 Å². The number of thiocarbonyl (C=S) groups is 1. The highest BCUT2D eigenvalue weighted by Crippen LogP contribution is 2.30. The van der Waals surface area contributed by atoms with E-state index >= 15 is 0 Å². The molecular weight excluding hydrogens is 352 g/mol. The maximum absolute atomic E-state index is 5.78. The molecule has 0 fully saturated rings. The van der Waals surface area contributed by atoms with Crippen molar-refractivity contribution in [2.24, 2.45) is 5.73 Å². The first-order valence-electron chi connectivity index (χ1n) is 4.77. The summed E-state index contributed by atoms with van der Waals surface area (Å²) in [7, 11) is 0. The predicted molar refractivity (Wildman–Crippen MR) is 80.9 cm³/mol. The minimum atomic E-state index is -0.147. The minimum absolute atomic E-state index is 0.147. The summed E-state index contributed by atoms with van der Waals surface area (Å²) in [4.78, 5) is 1.93. The molecule has 0 saturated heterocycles. The third-order valence-electron chi connectivity index (χ3n) is 2.00. The lowest BCUT2D eigenvalue weighted by molar-refractivity contribution is 0.572. The van der Waals surface area contributed by atoms with Crippen LogP contribution in [0.25, 0.3) is 0 Å². The zero-order valence-electron chi connectivity index (χ0n) is 9.42. The van der Waals surface area contributed by atoms with Crippen LogP contribution in [-0.2, 0) is 0 Å². The molecule has 0 unspecified atom stereocenters. The lowest BCUT2D eigenvalue weighted by Gasteiger charge is -2.36. The van der Waals surface area contributed by atoms with E-state index in [1.165, 1.54) is 0 Å². The van der Waals surface area contributed by atoms with Crippen molar-refractivity contribution in [1.29, 1.82) is 0 Å². The van der Waals surface area contributed by atoms with Gasteiger partial charge in [0.05, 0.1) is 0 Å². The fraction of sp³-hybridized carbons (Fsp3) is 0.364. The predicted octanol–water partition coefficient (Wildman–Crippen LogP) is 4.06. The van der Waals surface area contributed by atoms with Gasteiger partial charge in [-0.15, -0.1) is 0 Å². The Labute approximate surface area is 118 Å². The topological polar surface area (TPSA) is 29.3 Å². The molecule has 0 aromatic heterocycles. The normalized spacial score (nSPS) is 11.3. The number of anilines is 1. The van der Waals surface area contributed by atoms with E-state index in [0.717, 1.165) is 14.6 Å². The minimum Gasteiger partial charge on any atom is -0.376 e. The van der Waals surface area contributed by atoms with Gasteiger partial charge in [0, 0.05) is 20.2 Å². The lowest BCUT2D eigenvalue weighted by atomic mass is 10.1. The molecule has 0 bridgehead atoms.